The van der Waals surface area contributed by atoms with Gasteiger partial charge in [0.1, 0.15) is 11.4 Å². The summed E-state index contributed by atoms with van der Waals surface area (Å²) in [5.74, 6) is -3.20. The van der Waals surface area contributed by atoms with Crippen molar-refractivity contribution in [3.05, 3.63) is 35.6 Å². The highest BCUT2D eigenvalue weighted by Gasteiger charge is 2.36. The summed E-state index contributed by atoms with van der Waals surface area (Å²) >= 11 is 0. The van der Waals surface area contributed by atoms with Gasteiger partial charge in [-0.05, 0) is 57.2 Å². The van der Waals surface area contributed by atoms with Crippen molar-refractivity contribution in [3.63, 3.8) is 0 Å². The van der Waals surface area contributed by atoms with Crippen LogP contribution in [0.25, 0.3) is 0 Å². The van der Waals surface area contributed by atoms with Gasteiger partial charge in [0.15, 0.2) is 0 Å². The highest BCUT2D eigenvalue weighted by Crippen LogP contribution is 2.41. The number of benzene rings is 1. The molecule has 25 heavy (non-hydrogen) atoms. The summed E-state index contributed by atoms with van der Waals surface area (Å²) in [6.45, 7) is 3.59. The molecule has 0 radical (unpaired) electrons. The van der Waals surface area contributed by atoms with Gasteiger partial charge in [-0.2, -0.15) is 0 Å². The van der Waals surface area contributed by atoms with Crippen LogP contribution in [0.15, 0.2) is 24.3 Å². The molecule has 0 aromatic heterocycles. The zero-order valence-electron chi connectivity index (χ0n) is 14.7. The molecule has 1 aliphatic carbocycles. The molecular formula is C18H25F3N2O2. The van der Waals surface area contributed by atoms with E-state index in [1.165, 1.54) is 12.1 Å². The molecule has 2 N–H and O–H groups in total. The summed E-state index contributed by atoms with van der Waals surface area (Å²) < 4.78 is 46.1. The molecule has 1 fully saturated rings. The number of hydrogen-bond acceptors (Lipinski definition) is 3. The van der Waals surface area contributed by atoms with Crippen LogP contribution in [-0.4, -0.2) is 30.7 Å². The van der Waals surface area contributed by atoms with E-state index in [1.54, 1.807) is 32.9 Å². The lowest BCUT2D eigenvalue weighted by molar-refractivity contribution is -0.00614. The lowest BCUT2D eigenvalue weighted by Crippen LogP contribution is -2.45. The smallest absolute Gasteiger partial charge is 0.407 e. The number of rotatable bonds is 7. The van der Waals surface area contributed by atoms with Crippen molar-refractivity contribution < 1.29 is 22.7 Å². The van der Waals surface area contributed by atoms with Crippen molar-refractivity contribution in [1.82, 2.24) is 10.6 Å². The SMILES string of the molecule is CC(C)(C)OC(=O)NCC(F)(F)CNC(c1ccc(F)cc1)C1CC1. The second-order valence-corrected chi connectivity index (χ2v) is 7.46. The summed E-state index contributed by atoms with van der Waals surface area (Å²) in [5, 5.41) is 4.96. The predicted octanol–water partition coefficient (Wildman–Crippen LogP) is 4.03. The van der Waals surface area contributed by atoms with E-state index >= 15 is 0 Å². The summed E-state index contributed by atoms with van der Waals surface area (Å²) in [6, 6.07) is 5.64. The Morgan fingerprint density at radius 1 is 1.20 bits per heavy atom. The third-order valence-corrected chi connectivity index (χ3v) is 3.79. The van der Waals surface area contributed by atoms with Gasteiger partial charge in [-0.3, -0.25) is 0 Å². The number of carbonyl (C=O) groups is 1. The van der Waals surface area contributed by atoms with Gasteiger partial charge in [-0.25, -0.2) is 18.0 Å². The molecule has 4 nitrogen and oxygen atoms in total. The first-order valence-corrected chi connectivity index (χ1v) is 8.39. The van der Waals surface area contributed by atoms with Crippen LogP contribution in [0, 0.1) is 11.7 Å². The van der Waals surface area contributed by atoms with Crippen molar-refractivity contribution in [3.8, 4) is 0 Å². The number of alkyl carbamates (subject to hydrolysis) is 1. The lowest BCUT2D eigenvalue weighted by Gasteiger charge is -2.24. The van der Waals surface area contributed by atoms with Gasteiger partial charge < -0.3 is 15.4 Å². The maximum absolute atomic E-state index is 14.0. The number of hydrogen-bond donors (Lipinski definition) is 2. The zero-order chi connectivity index (χ0) is 18.7. The largest absolute Gasteiger partial charge is 0.444 e. The standard InChI is InChI=1S/C18H25F3N2O2/c1-17(2,3)25-16(24)23-11-18(20,21)10-22-15(12-4-5-12)13-6-8-14(19)9-7-13/h6-9,12,15,22H,4-5,10-11H2,1-3H3,(H,23,24). The summed E-state index contributed by atoms with van der Waals surface area (Å²) in [6.07, 6.45) is 1.04. The Labute approximate surface area is 146 Å². The first-order chi connectivity index (χ1) is 11.6. The first kappa shape index (κ1) is 19.6. The Morgan fingerprint density at radius 3 is 2.32 bits per heavy atom. The topological polar surface area (TPSA) is 50.4 Å². The summed E-state index contributed by atoms with van der Waals surface area (Å²) in [4.78, 5) is 11.5. The number of alkyl halides is 2. The van der Waals surface area contributed by atoms with Crippen molar-refractivity contribution in [2.24, 2.45) is 5.92 Å². The molecule has 2 rings (SSSR count). The van der Waals surface area contributed by atoms with Gasteiger partial charge in [0.25, 0.3) is 5.92 Å². The number of carbonyl (C=O) groups excluding carboxylic acids is 1. The van der Waals surface area contributed by atoms with Gasteiger partial charge in [-0.1, -0.05) is 12.1 Å². The maximum atomic E-state index is 14.0. The molecule has 1 aromatic carbocycles. The minimum Gasteiger partial charge on any atom is -0.444 e. The Kier molecular flexibility index (Phi) is 5.98. The van der Waals surface area contributed by atoms with Crippen LogP contribution >= 0.6 is 0 Å². The minimum absolute atomic E-state index is 0.243. The molecule has 1 aliphatic rings. The van der Waals surface area contributed by atoms with E-state index in [0.717, 1.165) is 18.4 Å². The van der Waals surface area contributed by atoms with E-state index in [0.29, 0.717) is 0 Å². The molecule has 0 bridgehead atoms. The van der Waals surface area contributed by atoms with Crippen LogP contribution in [0.2, 0.25) is 0 Å². The Hall–Kier alpha value is -1.76. The maximum Gasteiger partial charge on any atom is 0.407 e. The predicted molar refractivity (Wildman–Crippen MR) is 89.1 cm³/mol. The van der Waals surface area contributed by atoms with Gasteiger partial charge in [0.05, 0.1) is 13.1 Å². The molecule has 1 aromatic rings. The van der Waals surface area contributed by atoms with Crippen LogP contribution in [-0.2, 0) is 4.74 Å². The Balaban J connectivity index is 1.86. The normalized spacial score (nSPS) is 16.4. The van der Waals surface area contributed by atoms with Crippen molar-refractivity contribution in [2.75, 3.05) is 13.1 Å². The van der Waals surface area contributed by atoms with Gasteiger partial charge in [0.2, 0.25) is 0 Å². The quantitative estimate of drug-likeness (QED) is 0.774. The summed E-state index contributed by atoms with van der Waals surface area (Å²) in [5.41, 5.74) is 0.0527. The van der Waals surface area contributed by atoms with Gasteiger partial charge >= 0.3 is 6.09 Å². The first-order valence-electron chi connectivity index (χ1n) is 8.39. The van der Waals surface area contributed by atoms with Crippen molar-refractivity contribution in [1.29, 1.82) is 0 Å². The molecule has 140 valence electrons. The second kappa shape index (κ2) is 7.64. The van der Waals surface area contributed by atoms with E-state index in [2.05, 4.69) is 10.6 Å². The average Bonchev–Trinajstić information content (AvgIpc) is 3.30. The van der Waals surface area contributed by atoms with Crippen LogP contribution in [0.5, 0.6) is 0 Å². The molecule has 1 atom stereocenters. The van der Waals surface area contributed by atoms with Crippen LogP contribution in [0.1, 0.15) is 45.2 Å². The van der Waals surface area contributed by atoms with Crippen LogP contribution in [0.4, 0.5) is 18.0 Å². The fourth-order valence-electron chi connectivity index (χ4n) is 2.49. The summed E-state index contributed by atoms with van der Waals surface area (Å²) in [7, 11) is 0. The monoisotopic (exact) mass is 358 g/mol. The van der Waals surface area contributed by atoms with Gasteiger partial charge in [0, 0.05) is 6.04 Å². The van der Waals surface area contributed by atoms with E-state index in [-0.39, 0.29) is 17.8 Å². The molecule has 0 saturated heterocycles. The van der Waals surface area contributed by atoms with Crippen LogP contribution in [0.3, 0.4) is 0 Å². The second-order valence-electron chi connectivity index (χ2n) is 7.46. The minimum atomic E-state index is -3.12. The molecular weight excluding hydrogens is 333 g/mol. The van der Waals surface area contributed by atoms with Crippen LogP contribution < -0.4 is 10.6 Å². The molecule has 1 saturated carbocycles. The van der Waals surface area contributed by atoms with E-state index in [1.807, 2.05) is 0 Å². The van der Waals surface area contributed by atoms with Crippen molar-refractivity contribution >= 4 is 6.09 Å². The average molecular weight is 358 g/mol. The Bertz CT molecular complexity index is 581. The van der Waals surface area contributed by atoms with Gasteiger partial charge in [-0.15, -0.1) is 0 Å². The highest BCUT2D eigenvalue weighted by molar-refractivity contribution is 5.67. The van der Waals surface area contributed by atoms with E-state index < -0.39 is 30.7 Å². The zero-order valence-corrected chi connectivity index (χ0v) is 14.7. The molecule has 1 unspecified atom stereocenters. The Morgan fingerprint density at radius 2 is 1.80 bits per heavy atom. The fourth-order valence-corrected chi connectivity index (χ4v) is 2.49. The van der Waals surface area contributed by atoms with Crippen molar-refractivity contribution in [2.45, 2.75) is 51.2 Å². The third-order valence-electron chi connectivity index (χ3n) is 3.79. The fraction of sp³-hybridized carbons (Fsp3) is 0.611. The number of halogens is 3. The molecule has 0 spiro atoms. The number of amides is 1. The van der Waals surface area contributed by atoms with E-state index in [4.69, 9.17) is 4.74 Å². The van der Waals surface area contributed by atoms with E-state index in [9.17, 15) is 18.0 Å². The number of nitrogens with one attached hydrogen (secondary N) is 2. The molecule has 0 aliphatic heterocycles. The molecule has 0 heterocycles. The number of ether oxygens (including phenoxy) is 1. The lowest BCUT2D eigenvalue weighted by atomic mass is 10.0. The highest BCUT2D eigenvalue weighted by atomic mass is 19.3. The molecule has 7 heteroatoms. The molecule has 1 amide bonds. The third kappa shape index (κ3) is 6.94.